The largest absolute Gasteiger partial charge is 0.444 e. The maximum absolute atomic E-state index is 15.6. The van der Waals surface area contributed by atoms with E-state index in [4.69, 9.17) is 14.0 Å². The molecule has 2 heterocycles. The number of rotatable bonds is 6. The Hall–Kier alpha value is -4.05. The Labute approximate surface area is 249 Å². The Morgan fingerprint density at radius 2 is 1.84 bits per heavy atom. The van der Waals surface area contributed by atoms with Crippen molar-refractivity contribution >= 4 is 27.5 Å². The summed E-state index contributed by atoms with van der Waals surface area (Å²) in [6, 6.07) is 4.95. The van der Waals surface area contributed by atoms with E-state index >= 15 is 4.39 Å². The van der Waals surface area contributed by atoms with Crippen molar-refractivity contribution in [2.24, 2.45) is 0 Å². The molecule has 16 heteroatoms. The van der Waals surface area contributed by atoms with Gasteiger partial charge >= 0.3 is 6.09 Å². The first-order valence-electron chi connectivity index (χ1n) is 13.4. The van der Waals surface area contributed by atoms with Crippen LogP contribution in [-0.2, 0) is 36.3 Å². The van der Waals surface area contributed by atoms with Gasteiger partial charge in [-0.1, -0.05) is 17.3 Å². The third-order valence-corrected chi connectivity index (χ3v) is 9.08. The third-order valence-electron chi connectivity index (χ3n) is 7.31. The van der Waals surface area contributed by atoms with E-state index in [1.165, 1.54) is 12.1 Å². The monoisotopic (exact) mass is 640 g/mol. The molecule has 1 unspecified atom stereocenters. The molecule has 0 radical (unpaired) electrons. The minimum atomic E-state index is -4.45. The van der Waals surface area contributed by atoms with Crippen LogP contribution in [0.15, 0.2) is 45.8 Å². The fourth-order valence-corrected chi connectivity index (χ4v) is 6.61. The van der Waals surface area contributed by atoms with Crippen molar-refractivity contribution in [3.8, 4) is 11.4 Å². The van der Waals surface area contributed by atoms with Crippen molar-refractivity contribution < 1.29 is 49.6 Å². The molecular formula is C28H28F4N4O7S. The minimum absolute atomic E-state index is 0.144. The van der Waals surface area contributed by atoms with E-state index in [0.29, 0.717) is 11.6 Å². The highest BCUT2D eigenvalue weighted by molar-refractivity contribution is 7.91. The number of amides is 2. The lowest BCUT2D eigenvalue weighted by atomic mass is 9.75. The fourth-order valence-electron chi connectivity index (χ4n) is 4.99. The van der Waals surface area contributed by atoms with Gasteiger partial charge in [0, 0.05) is 13.5 Å². The molecule has 5 rings (SSSR count). The van der Waals surface area contributed by atoms with Crippen LogP contribution in [-0.4, -0.2) is 61.0 Å². The molecule has 2 amide bonds. The second kappa shape index (κ2) is 10.8. The summed E-state index contributed by atoms with van der Waals surface area (Å²) in [4.78, 5) is 30.8. The SMILES string of the molecule is COC1(c2nc(-c3cc4c(cc3F)S(=O)(=O)C[C@H](NC(=O)OC(C)(C)C)C(=O)N4Cc3ccc(F)cc3)no2)CCC1(F)F. The molecule has 11 nitrogen and oxygen atoms in total. The standard InChI is InChI=1S/C28H28F4N4O7S/c1-26(2,3)42-25(38)33-19-14-44(39,40)21-12-18(30)17(22-34-24(43-35-22)27(41-4)9-10-28(27,31)32)11-20(21)36(23(19)37)13-15-5-7-16(29)8-6-15/h5-8,11-12,19H,9-10,13-14H2,1-4H3,(H,33,38)/t19-,27?/m0/s1. The number of nitrogens with one attached hydrogen (secondary N) is 1. The first-order valence-corrected chi connectivity index (χ1v) is 15.0. The number of ether oxygens (including phenoxy) is 2. The van der Waals surface area contributed by atoms with E-state index in [0.717, 1.165) is 30.2 Å². The van der Waals surface area contributed by atoms with Gasteiger partial charge in [-0.25, -0.2) is 30.8 Å². The Balaban J connectivity index is 1.61. The van der Waals surface area contributed by atoms with Crippen LogP contribution in [0.2, 0.25) is 0 Å². The van der Waals surface area contributed by atoms with Crippen LogP contribution in [0.3, 0.4) is 0 Å². The number of hydrogen-bond donors (Lipinski definition) is 1. The van der Waals surface area contributed by atoms with Crippen LogP contribution < -0.4 is 10.2 Å². The van der Waals surface area contributed by atoms with Crippen molar-refractivity contribution in [1.29, 1.82) is 0 Å². The highest BCUT2D eigenvalue weighted by Gasteiger charge is 2.67. The number of aromatic nitrogens is 2. The summed E-state index contributed by atoms with van der Waals surface area (Å²) >= 11 is 0. The summed E-state index contributed by atoms with van der Waals surface area (Å²) in [5, 5.41) is 5.91. The van der Waals surface area contributed by atoms with Crippen LogP contribution in [0, 0.1) is 11.6 Å². The lowest BCUT2D eigenvalue weighted by Gasteiger charge is -2.44. The van der Waals surface area contributed by atoms with Crippen molar-refractivity contribution in [3.05, 3.63) is 59.5 Å². The summed E-state index contributed by atoms with van der Waals surface area (Å²) in [7, 11) is -3.40. The molecule has 2 aliphatic rings. The Morgan fingerprint density at radius 3 is 2.41 bits per heavy atom. The van der Waals surface area contributed by atoms with Gasteiger partial charge in [0.05, 0.1) is 28.4 Å². The van der Waals surface area contributed by atoms with Gasteiger partial charge in [0.1, 0.15) is 23.3 Å². The number of carbonyl (C=O) groups excluding carboxylic acids is 2. The lowest BCUT2D eigenvalue weighted by molar-refractivity contribution is -0.280. The van der Waals surface area contributed by atoms with Gasteiger partial charge in [0.25, 0.3) is 17.7 Å². The van der Waals surface area contributed by atoms with Gasteiger partial charge in [-0.15, -0.1) is 0 Å². The second-order valence-electron chi connectivity index (χ2n) is 11.5. The zero-order chi connectivity index (χ0) is 32.2. The van der Waals surface area contributed by atoms with Crippen LogP contribution in [0.1, 0.15) is 45.1 Å². The zero-order valence-electron chi connectivity index (χ0n) is 24.0. The molecule has 1 aliphatic heterocycles. The maximum Gasteiger partial charge on any atom is 0.408 e. The average molecular weight is 641 g/mol. The second-order valence-corrected chi connectivity index (χ2v) is 13.5. The highest BCUT2D eigenvalue weighted by Crippen LogP contribution is 2.55. The van der Waals surface area contributed by atoms with Crippen LogP contribution in [0.25, 0.3) is 11.4 Å². The Bertz CT molecular complexity index is 1720. The summed E-state index contributed by atoms with van der Waals surface area (Å²) in [6.45, 7) is 4.39. The molecule has 1 N–H and O–H groups in total. The van der Waals surface area contributed by atoms with E-state index in [9.17, 15) is 31.2 Å². The number of alkyl carbamates (subject to hydrolysis) is 1. The molecule has 1 aliphatic carbocycles. The van der Waals surface area contributed by atoms with Crippen molar-refractivity contribution in [2.45, 2.75) is 68.2 Å². The smallest absolute Gasteiger partial charge is 0.408 e. The molecule has 0 spiro atoms. The quantitative estimate of drug-likeness (QED) is 0.386. The molecule has 0 saturated heterocycles. The Kier molecular flexibility index (Phi) is 7.73. The predicted octanol–water partition coefficient (Wildman–Crippen LogP) is 4.50. The van der Waals surface area contributed by atoms with Gasteiger partial charge in [-0.3, -0.25) is 4.79 Å². The number of halogens is 4. The van der Waals surface area contributed by atoms with E-state index < -0.39 is 91.0 Å². The summed E-state index contributed by atoms with van der Waals surface area (Å²) in [6.07, 6.45) is -1.71. The number of anilines is 1. The summed E-state index contributed by atoms with van der Waals surface area (Å²) in [5.41, 5.74) is -3.60. The van der Waals surface area contributed by atoms with Crippen molar-refractivity contribution in [1.82, 2.24) is 15.5 Å². The van der Waals surface area contributed by atoms with Crippen LogP contribution >= 0.6 is 0 Å². The number of hydrogen-bond acceptors (Lipinski definition) is 9. The average Bonchev–Trinajstić information content (AvgIpc) is 3.38. The number of alkyl halides is 2. The molecule has 44 heavy (non-hydrogen) atoms. The van der Waals surface area contributed by atoms with Gasteiger partial charge in [0.2, 0.25) is 11.4 Å². The van der Waals surface area contributed by atoms with E-state index in [1.807, 2.05) is 0 Å². The number of nitrogens with zero attached hydrogens (tertiary/aromatic N) is 3. The maximum atomic E-state index is 15.6. The minimum Gasteiger partial charge on any atom is -0.444 e. The van der Waals surface area contributed by atoms with E-state index in [2.05, 4.69) is 15.5 Å². The number of sulfone groups is 1. The first kappa shape index (κ1) is 31.4. The normalized spacial score (nSPS) is 22.5. The molecule has 1 saturated carbocycles. The van der Waals surface area contributed by atoms with Crippen molar-refractivity contribution in [2.75, 3.05) is 17.8 Å². The molecular weight excluding hydrogens is 612 g/mol. The first-order chi connectivity index (χ1) is 20.5. The van der Waals surface area contributed by atoms with Gasteiger partial charge in [-0.2, -0.15) is 4.98 Å². The number of methoxy groups -OCH3 is 1. The molecule has 0 bridgehead atoms. The van der Waals surface area contributed by atoms with Crippen LogP contribution in [0.5, 0.6) is 0 Å². The number of fused-ring (bicyclic) bond motifs is 1. The number of carbonyl (C=O) groups is 2. The molecule has 1 aromatic heterocycles. The summed E-state index contributed by atoms with van der Waals surface area (Å²) < 4.78 is 100. The summed E-state index contributed by atoms with van der Waals surface area (Å²) in [5.74, 6) is -7.99. The molecule has 3 aromatic rings. The van der Waals surface area contributed by atoms with Crippen molar-refractivity contribution in [3.63, 3.8) is 0 Å². The zero-order valence-corrected chi connectivity index (χ0v) is 24.8. The van der Waals surface area contributed by atoms with Gasteiger partial charge < -0.3 is 24.2 Å². The van der Waals surface area contributed by atoms with Gasteiger partial charge in [-0.05, 0) is 57.0 Å². The van der Waals surface area contributed by atoms with E-state index in [-0.39, 0.29) is 18.7 Å². The molecule has 1 fully saturated rings. The third kappa shape index (κ3) is 5.63. The fraction of sp³-hybridized carbons (Fsp3) is 0.429. The highest BCUT2D eigenvalue weighted by atomic mass is 32.2. The Morgan fingerprint density at radius 1 is 1.16 bits per heavy atom. The molecule has 2 atom stereocenters. The number of benzene rings is 2. The lowest BCUT2D eigenvalue weighted by Crippen LogP contribution is -2.56. The van der Waals surface area contributed by atoms with Crippen LogP contribution in [0.4, 0.5) is 28.0 Å². The van der Waals surface area contributed by atoms with Gasteiger partial charge in [0.15, 0.2) is 9.84 Å². The topological polar surface area (TPSA) is 141 Å². The molecule has 236 valence electrons. The molecule has 2 aromatic carbocycles. The predicted molar refractivity (Wildman–Crippen MR) is 145 cm³/mol. The van der Waals surface area contributed by atoms with E-state index in [1.54, 1.807) is 20.8 Å².